The van der Waals surface area contributed by atoms with Crippen molar-refractivity contribution in [1.29, 1.82) is 0 Å². The monoisotopic (exact) mass is 374 g/mol. The fourth-order valence-electron chi connectivity index (χ4n) is 1.91. The Hall–Kier alpha value is -1.48. The van der Waals surface area contributed by atoms with Crippen LogP contribution in [0.1, 0.15) is 5.56 Å². The zero-order valence-corrected chi connectivity index (χ0v) is 14.9. The van der Waals surface area contributed by atoms with Gasteiger partial charge in [0.05, 0.1) is 9.92 Å². The summed E-state index contributed by atoms with van der Waals surface area (Å²) < 4.78 is 49.7. The van der Waals surface area contributed by atoms with Crippen LogP contribution in [0.3, 0.4) is 0 Å². The summed E-state index contributed by atoms with van der Waals surface area (Å²) in [6.07, 6.45) is 4.15. The highest BCUT2D eigenvalue weighted by Crippen LogP contribution is 2.27. The first kappa shape index (κ1) is 17.9. The molecule has 0 bridgehead atoms. The van der Waals surface area contributed by atoms with E-state index in [1.807, 2.05) is 0 Å². The Morgan fingerprint density at radius 3 is 2.43 bits per heavy atom. The van der Waals surface area contributed by atoms with Gasteiger partial charge in [0, 0.05) is 32.2 Å². The molecule has 0 N–H and O–H groups in total. The fourth-order valence-corrected chi connectivity index (χ4v) is 4.29. The van der Waals surface area contributed by atoms with Gasteiger partial charge >= 0.3 is 0 Å². The summed E-state index contributed by atoms with van der Waals surface area (Å²) in [5.74, 6) is 0. The van der Waals surface area contributed by atoms with E-state index in [9.17, 15) is 16.8 Å². The molecule has 2 aromatic rings. The van der Waals surface area contributed by atoms with E-state index in [1.165, 1.54) is 19.2 Å². The molecule has 23 heavy (non-hydrogen) atoms. The Balaban J connectivity index is 2.43. The Morgan fingerprint density at radius 2 is 1.87 bits per heavy atom. The quantitative estimate of drug-likeness (QED) is 0.798. The van der Waals surface area contributed by atoms with E-state index in [1.54, 1.807) is 24.5 Å². The summed E-state index contributed by atoms with van der Waals surface area (Å²) in [6, 6.07) is 7.06. The maximum Gasteiger partial charge on any atom is 0.244 e. The molecule has 1 aromatic carbocycles. The van der Waals surface area contributed by atoms with Crippen molar-refractivity contribution in [3.05, 3.63) is 53.3 Å². The lowest BCUT2D eigenvalue weighted by molar-refractivity contribution is 0.466. The molecule has 0 saturated carbocycles. The normalized spacial score (nSPS) is 12.5. The number of hydrogen-bond acceptors (Lipinski definition) is 5. The number of halogens is 1. The van der Waals surface area contributed by atoms with Crippen molar-refractivity contribution < 1.29 is 16.8 Å². The zero-order valence-electron chi connectivity index (χ0n) is 12.5. The molecule has 0 aliphatic rings. The SMILES string of the molecule is CN(Cc1cccnc1)S(=O)(=O)c1cc(S(C)(=O)=O)ccc1Cl. The number of sulfonamides is 1. The Bertz CT molecular complexity index is 913. The molecule has 1 heterocycles. The Labute approximate surface area is 140 Å². The van der Waals surface area contributed by atoms with Crippen LogP contribution in [0.15, 0.2) is 52.5 Å². The molecule has 0 unspecified atom stereocenters. The standard InChI is InChI=1S/C14H15ClN2O4S2/c1-17(10-11-4-3-7-16-9-11)23(20,21)14-8-12(22(2,18)19)5-6-13(14)15/h3-9H,10H2,1-2H3. The van der Waals surface area contributed by atoms with E-state index >= 15 is 0 Å². The lowest BCUT2D eigenvalue weighted by atomic mass is 10.3. The van der Waals surface area contributed by atoms with E-state index in [0.29, 0.717) is 5.56 Å². The first-order valence-electron chi connectivity index (χ1n) is 6.47. The summed E-state index contributed by atoms with van der Waals surface area (Å²) in [4.78, 5) is 3.59. The third-order valence-electron chi connectivity index (χ3n) is 3.15. The summed E-state index contributed by atoms with van der Waals surface area (Å²) in [5, 5.41) is -0.0320. The summed E-state index contributed by atoms with van der Waals surface area (Å²) in [5.41, 5.74) is 0.703. The van der Waals surface area contributed by atoms with Crippen molar-refractivity contribution in [1.82, 2.24) is 9.29 Å². The van der Waals surface area contributed by atoms with E-state index in [-0.39, 0.29) is 21.4 Å². The molecule has 124 valence electrons. The van der Waals surface area contributed by atoms with Gasteiger partial charge in [-0.3, -0.25) is 4.98 Å². The third kappa shape index (κ3) is 4.08. The molecule has 0 aliphatic heterocycles. The van der Waals surface area contributed by atoms with Gasteiger partial charge in [0.15, 0.2) is 9.84 Å². The van der Waals surface area contributed by atoms with Crippen LogP contribution in [0.2, 0.25) is 5.02 Å². The van der Waals surface area contributed by atoms with Crippen molar-refractivity contribution in [3.63, 3.8) is 0 Å². The van der Waals surface area contributed by atoms with Crippen LogP contribution in [0.4, 0.5) is 0 Å². The van der Waals surface area contributed by atoms with E-state index in [0.717, 1.165) is 16.6 Å². The Morgan fingerprint density at radius 1 is 1.17 bits per heavy atom. The largest absolute Gasteiger partial charge is 0.264 e. The van der Waals surface area contributed by atoms with Crippen molar-refractivity contribution >= 4 is 31.5 Å². The second kappa shape index (κ2) is 6.56. The van der Waals surface area contributed by atoms with Crippen molar-refractivity contribution in [3.8, 4) is 0 Å². The van der Waals surface area contributed by atoms with E-state index in [2.05, 4.69) is 4.98 Å². The predicted octanol–water partition coefficient (Wildman–Crippen LogP) is 1.96. The van der Waals surface area contributed by atoms with Crippen molar-refractivity contribution in [2.24, 2.45) is 0 Å². The van der Waals surface area contributed by atoms with Crippen LogP contribution >= 0.6 is 11.6 Å². The summed E-state index contributed by atoms with van der Waals surface area (Å²) in [7, 11) is -6.09. The number of sulfone groups is 1. The van der Waals surface area contributed by atoms with Gasteiger partial charge in [-0.05, 0) is 29.8 Å². The second-order valence-electron chi connectivity index (χ2n) is 4.99. The highest BCUT2D eigenvalue weighted by Gasteiger charge is 2.25. The lowest BCUT2D eigenvalue weighted by Gasteiger charge is -2.18. The average Bonchev–Trinajstić information content (AvgIpc) is 2.47. The molecule has 6 nitrogen and oxygen atoms in total. The van der Waals surface area contributed by atoms with Crippen LogP contribution in [0, 0.1) is 0 Å². The smallest absolute Gasteiger partial charge is 0.244 e. The number of aromatic nitrogens is 1. The maximum atomic E-state index is 12.7. The minimum atomic E-state index is -3.94. The number of hydrogen-bond donors (Lipinski definition) is 0. The van der Waals surface area contributed by atoms with E-state index < -0.39 is 19.9 Å². The number of nitrogens with zero attached hydrogens (tertiary/aromatic N) is 2. The van der Waals surface area contributed by atoms with Gasteiger partial charge in [0.1, 0.15) is 4.90 Å². The minimum absolute atomic E-state index is 0.0320. The van der Waals surface area contributed by atoms with Crippen LogP contribution in [-0.4, -0.2) is 39.4 Å². The molecule has 0 fully saturated rings. The highest BCUT2D eigenvalue weighted by molar-refractivity contribution is 7.91. The summed E-state index contributed by atoms with van der Waals surface area (Å²) in [6.45, 7) is 0.0929. The van der Waals surface area contributed by atoms with Crippen LogP contribution in [0.25, 0.3) is 0 Å². The van der Waals surface area contributed by atoms with Gasteiger partial charge in [-0.2, -0.15) is 4.31 Å². The molecule has 9 heteroatoms. The van der Waals surface area contributed by atoms with E-state index in [4.69, 9.17) is 11.6 Å². The van der Waals surface area contributed by atoms with Crippen LogP contribution < -0.4 is 0 Å². The van der Waals surface area contributed by atoms with Gasteiger partial charge in [-0.15, -0.1) is 0 Å². The molecule has 0 radical (unpaired) electrons. The maximum absolute atomic E-state index is 12.7. The number of pyridine rings is 1. The zero-order chi connectivity index (χ0) is 17.3. The van der Waals surface area contributed by atoms with Gasteiger partial charge in [0.25, 0.3) is 0 Å². The van der Waals surface area contributed by atoms with Gasteiger partial charge < -0.3 is 0 Å². The first-order chi connectivity index (χ1) is 10.6. The van der Waals surface area contributed by atoms with Crippen LogP contribution in [-0.2, 0) is 26.4 Å². The molecule has 0 amide bonds. The molecular weight excluding hydrogens is 360 g/mol. The molecule has 0 saturated heterocycles. The highest BCUT2D eigenvalue weighted by atomic mass is 35.5. The molecular formula is C14H15ClN2O4S2. The topological polar surface area (TPSA) is 84.4 Å². The molecule has 0 atom stereocenters. The third-order valence-corrected chi connectivity index (χ3v) is 6.54. The molecule has 0 aliphatic carbocycles. The Kier molecular flexibility index (Phi) is 5.10. The van der Waals surface area contributed by atoms with Crippen molar-refractivity contribution in [2.75, 3.05) is 13.3 Å². The van der Waals surface area contributed by atoms with Gasteiger partial charge in [-0.1, -0.05) is 17.7 Å². The molecule has 2 rings (SSSR count). The minimum Gasteiger partial charge on any atom is -0.264 e. The fraction of sp³-hybridized carbons (Fsp3) is 0.214. The van der Waals surface area contributed by atoms with Gasteiger partial charge in [0.2, 0.25) is 10.0 Å². The predicted molar refractivity (Wildman–Crippen MR) is 87.5 cm³/mol. The second-order valence-corrected chi connectivity index (χ2v) is 9.42. The average molecular weight is 375 g/mol. The number of benzene rings is 1. The lowest BCUT2D eigenvalue weighted by Crippen LogP contribution is -2.27. The van der Waals surface area contributed by atoms with Gasteiger partial charge in [-0.25, -0.2) is 16.8 Å². The van der Waals surface area contributed by atoms with Crippen LogP contribution in [0.5, 0.6) is 0 Å². The van der Waals surface area contributed by atoms with Crippen molar-refractivity contribution in [2.45, 2.75) is 16.3 Å². The molecule has 0 spiro atoms. The first-order valence-corrected chi connectivity index (χ1v) is 10.2. The number of rotatable bonds is 5. The molecule has 1 aromatic heterocycles. The summed E-state index contributed by atoms with van der Waals surface area (Å²) >= 11 is 5.96.